The molecule has 2 aromatic carbocycles. The summed E-state index contributed by atoms with van der Waals surface area (Å²) in [5, 5.41) is 5.32. The molecule has 8 heteroatoms. The molecule has 142 valence electrons. The van der Waals surface area contributed by atoms with Crippen LogP contribution >= 0.6 is 0 Å². The van der Waals surface area contributed by atoms with Crippen LogP contribution in [0.2, 0.25) is 0 Å². The molecule has 1 heterocycles. The fourth-order valence-corrected chi connectivity index (χ4v) is 2.22. The van der Waals surface area contributed by atoms with Gasteiger partial charge in [0.25, 0.3) is 11.8 Å². The monoisotopic (exact) mass is 380 g/mol. The molecule has 0 radical (unpaired) electrons. The Labute approximate surface area is 160 Å². The first kappa shape index (κ1) is 19.0. The van der Waals surface area contributed by atoms with E-state index in [1.807, 2.05) is 30.3 Å². The van der Waals surface area contributed by atoms with Gasteiger partial charge in [-0.15, -0.1) is 0 Å². The molecule has 0 bridgehead atoms. The summed E-state index contributed by atoms with van der Waals surface area (Å²) in [6, 6.07) is 14.8. The summed E-state index contributed by atoms with van der Waals surface area (Å²) < 4.78 is 18.1. The highest BCUT2D eigenvalue weighted by atomic mass is 19.1. The molecule has 3 aromatic rings. The normalized spacial score (nSPS) is 10.2. The Morgan fingerprint density at radius 3 is 2.32 bits per heavy atom. The van der Waals surface area contributed by atoms with Crippen LogP contribution in [0.25, 0.3) is 0 Å². The van der Waals surface area contributed by atoms with Crippen LogP contribution in [0.1, 0.15) is 15.9 Å². The highest BCUT2D eigenvalue weighted by Crippen LogP contribution is 2.10. The second-order valence-corrected chi connectivity index (χ2v) is 5.77. The van der Waals surface area contributed by atoms with Gasteiger partial charge < -0.3 is 15.4 Å². The Bertz CT molecular complexity index is 932. The van der Waals surface area contributed by atoms with Crippen molar-refractivity contribution in [3.63, 3.8) is 0 Å². The number of halogens is 1. The van der Waals surface area contributed by atoms with E-state index in [0.29, 0.717) is 12.2 Å². The molecule has 0 saturated carbocycles. The molecule has 28 heavy (non-hydrogen) atoms. The molecule has 0 spiro atoms. The lowest BCUT2D eigenvalue weighted by Gasteiger charge is -2.07. The molecular weight excluding hydrogens is 363 g/mol. The molecule has 0 aliphatic heterocycles. The van der Waals surface area contributed by atoms with Gasteiger partial charge in [0.2, 0.25) is 0 Å². The van der Waals surface area contributed by atoms with Crippen molar-refractivity contribution in [3.8, 4) is 6.01 Å². The fourth-order valence-electron chi connectivity index (χ4n) is 2.22. The molecule has 3 rings (SSSR count). The Kier molecular flexibility index (Phi) is 6.25. The van der Waals surface area contributed by atoms with Gasteiger partial charge in [0.1, 0.15) is 5.82 Å². The smallest absolute Gasteiger partial charge is 0.316 e. The minimum atomic E-state index is -0.446. The molecule has 0 atom stereocenters. The standard InChI is InChI=1S/C20H17FN4O3/c21-16-6-8-17(9-7-16)25-19(27)15-11-23-20(24-12-15)28-13-18(26)22-10-14-4-2-1-3-5-14/h1-9,11-12H,10,13H2,(H,22,26)(H,25,27). The third kappa shape index (κ3) is 5.60. The molecule has 0 unspecified atom stereocenters. The Morgan fingerprint density at radius 2 is 1.64 bits per heavy atom. The van der Waals surface area contributed by atoms with Gasteiger partial charge in [-0.25, -0.2) is 14.4 Å². The largest absolute Gasteiger partial charge is 0.453 e. The first-order valence-electron chi connectivity index (χ1n) is 8.42. The first-order chi connectivity index (χ1) is 13.6. The summed E-state index contributed by atoms with van der Waals surface area (Å²) in [6.45, 7) is 0.153. The fraction of sp³-hybridized carbons (Fsp3) is 0.100. The SMILES string of the molecule is O=C(COc1ncc(C(=O)Nc2ccc(F)cc2)cn1)NCc1ccccc1. The van der Waals surface area contributed by atoms with Gasteiger partial charge in [-0.05, 0) is 29.8 Å². The van der Waals surface area contributed by atoms with Crippen molar-refractivity contribution in [2.75, 3.05) is 11.9 Å². The Morgan fingerprint density at radius 1 is 0.964 bits per heavy atom. The van der Waals surface area contributed by atoms with Crippen LogP contribution in [0.15, 0.2) is 67.0 Å². The molecule has 0 saturated heterocycles. The summed E-state index contributed by atoms with van der Waals surface area (Å²) in [4.78, 5) is 31.7. The third-order valence-electron chi connectivity index (χ3n) is 3.66. The van der Waals surface area contributed by atoms with Gasteiger partial charge in [0.05, 0.1) is 5.56 Å². The lowest BCUT2D eigenvalue weighted by Crippen LogP contribution is -2.28. The van der Waals surface area contributed by atoms with Crippen LogP contribution in [0.4, 0.5) is 10.1 Å². The van der Waals surface area contributed by atoms with E-state index in [4.69, 9.17) is 4.74 Å². The van der Waals surface area contributed by atoms with E-state index in [9.17, 15) is 14.0 Å². The summed E-state index contributed by atoms with van der Waals surface area (Å²) in [5.41, 5.74) is 1.62. The zero-order valence-corrected chi connectivity index (χ0v) is 14.8. The third-order valence-corrected chi connectivity index (χ3v) is 3.66. The van der Waals surface area contributed by atoms with Gasteiger partial charge in [0, 0.05) is 24.6 Å². The molecule has 0 aliphatic rings. The van der Waals surface area contributed by atoms with Crippen molar-refractivity contribution < 1.29 is 18.7 Å². The lowest BCUT2D eigenvalue weighted by atomic mass is 10.2. The number of carbonyl (C=O) groups is 2. The highest BCUT2D eigenvalue weighted by molar-refractivity contribution is 6.03. The van der Waals surface area contributed by atoms with E-state index in [-0.39, 0.29) is 24.1 Å². The number of rotatable bonds is 7. The van der Waals surface area contributed by atoms with Crippen LogP contribution < -0.4 is 15.4 Å². The number of amides is 2. The quantitative estimate of drug-likeness (QED) is 0.657. The zero-order chi connectivity index (χ0) is 19.8. The molecule has 7 nitrogen and oxygen atoms in total. The Balaban J connectivity index is 1.46. The number of aromatic nitrogens is 2. The van der Waals surface area contributed by atoms with Crippen molar-refractivity contribution >= 4 is 17.5 Å². The lowest BCUT2D eigenvalue weighted by molar-refractivity contribution is -0.123. The van der Waals surface area contributed by atoms with E-state index >= 15 is 0 Å². The summed E-state index contributed by atoms with van der Waals surface area (Å²) in [7, 11) is 0. The average Bonchev–Trinajstić information content (AvgIpc) is 2.73. The van der Waals surface area contributed by atoms with Gasteiger partial charge >= 0.3 is 6.01 Å². The van der Waals surface area contributed by atoms with E-state index in [1.54, 1.807) is 0 Å². The van der Waals surface area contributed by atoms with Crippen LogP contribution in [-0.2, 0) is 11.3 Å². The Hall–Kier alpha value is -3.81. The molecular formula is C20H17FN4O3. The van der Waals surface area contributed by atoms with Crippen molar-refractivity contribution in [1.29, 1.82) is 0 Å². The molecule has 2 N–H and O–H groups in total. The zero-order valence-electron chi connectivity index (χ0n) is 14.8. The predicted molar refractivity (Wildman–Crippen MR) is 100 cm³/mol. The van der Waals surface area contributed by atoms with E-state index in [0.717, 1.165) is 5.56 Å². The summed E-state index contributed by atoms with van der Waals surface area (Å²) >= 11 is 0. The van der Waals surface area contributed by atoms with Crippen molar-refractivity contribution in [2.45, 2.75) is 6.54 Å². The minimum absolute atomic E-state index is 0.0202. The predicted octanol–water partition coefficient (Wildman–Crippen LogP) is 2.56. The van der Waals surface area contributed by atoms with Gasteiger partial charge in [-0.1, -0.05) is 30.3 Å². The van der Waals surface area contributed by atoms with E-state index in [1.165, 1.54) is 36.7 Å². The van der Waals surface area contributed by atoms with Crippen LogP contribution in [0.5, 0.6) is 6.01 Å². The van der Waals surface area contributed by atoms with E-state index in [2.05, 4.69) is 20.6 Å². The number of hydrogen-bond acceptors (Lipinski definition) is 5. The number of ether oxygens (including phenoxy) is 1. The molecule has 2 amide bonds. The van der Waals surface area contributed by atoms with Crippen molar-refractivity contribution in [3.05, 3.63) is 83.9 Å². The minimum Gasteiger partial charge on any atom is -0.453 e. The van der Waals surface area contributed by atoms with Gasteiger partial charge in [-0.2, -0.15) is 0 Å². The second-order valence-electron chi connectivity index (χ2n) is 5.77. The second kappa shape index (κ2) is 9.22. The van der Waals surface area contributed by atoms with Gasteiger partial charge in [0.15, 0.2) is 6.61 Å². The maximum absolute atomic E-state index is 12.9. The van der Waals surface area contributed by atoms with E-state index < -0.39 is 11.7 Å². The van der Waals surface area contributed by atoms with Crippen LogP contribution in [-0.4, -0.2) is 28.4 Å². The molecule has 0 aliphatic carbocycles. The summed E-state index contributed by atoms with van der Waals surface area (Å²) in [5.74, 6) is -1.15. The number of hydrogen-bond donors (Lipinski definition) is 2. The molecule has 1 aromatic heterocycles. The van der Waals surface area contributed by atoms with Crippen LogP contribution in [0, 0.1) is 5.82 Å². The first-order valence-corrected chi connectivity index (χ1v) is 8.42. The molecule has 0 fully saturated rings. The maximum Gasteiger partial charge on any atom is 0.316 e. The maximum atomic E-state index is 12.9. The highest BCUT2D eigenvalue weighted by Gasteiger charge is 2.09. The average molecular weight is 380 g/mol. The number of anilines is 1. The summed E-state index contributed by atoms with van der Waals surface area (Å²) in [6.07, 6.45) is 2.56. The number of carbonyl (C=O) groups excluding carboxylic acids is 2. The van der Waals surface area contributed by atoms with Gasteiger partial charge in [-0.3, -0.25) is 9.59 Å². The van der Waals surface area contributed by atoms with Crippen molar-refractivity contribution in [2.24, 2.45) is 0 Å². The number of benzene rings is 2. The number of nitrogens with one attached hydrogen (secondary N) is 2. The topological polar surface area (TPSA) is 93.2 Å². The van der Waals surface area contributed by atoms with Crippen molar-refractivity contribution in [1.82, 2.24) is 15.3 Å². The van der Waals surface area contributed by atoms with Crippen LogP contribution in [0.3, 0.4) is 0 Å². The number of nitrogens with zero attached hydrogens (tertiary/aromatic N) is 2.